The summed E-state index contributed by atoms with van der Waals surface area (Å²) in [4.78, 5) is 24.7. The molecule has 0 atom stereocenters. The fourth-order valence-electron chi connectivity index (χ4n) is 2.63. The third-order valence-electron chi connectivity index (χ3n) is 4.22. The molecular formula is C23H20O6. The van der Waals surface area contributed by atoms with Crippen LogP contribution >= 0.6 is 0 Å². The molecule has 0 aliphatic carbocycles. The normalized spacial score (nSPS) is 10.2. The van der Waals surface area contributed by atoms with Crippen LogP contribution in [0.25, 0.3) is 0 Å². The van der Waals surface area contributed by atoms with Gasteiger partial charge in [0.25, 0.3) is 0 Å². The summed E-state index contributed by atoms with van der Waals surface area (Å²) in [6.07, 6.45) is 0. The minimum atomic E-state index is -0.499. The van der Waals surface area contributed by atoms with Crippen LogP contribution < -0.4 is 18.9 Å². The first-order valence-electron chi connectivity index (χ1n) is 8.83. The molecule has 0 aromatic heterocycles. The first kappa shape index (κ1) is 19.9. The van der Waals surface area contributed by atoms with E-state index in [9.17, 15) is 9.59 Å². The summed E-state index contributed by atoms with van der Waals surface area (Å²) in [5, 5.41) is 0. The van der Waals surface area contributed by atoms with E-state index in [0.29, 0.717) is 39.7 Å². The quantitative estimate of drug-likeness (QED) is 0.456. The monoisotopic (exact) mass is 392 g/mol. The summed E-state index contributed by atoms with van der Waals surface area (Å²) < 4.78 is 20.9. The van der Waals surface area contributed by atoms with Crippen molar-refractivity contribution in [2.45, 2.75) is 6.92 Å². The molecule has 0 saturated heterocycles. The lowest BCUT2D eigenvalue weighted by atomic mass is 10.1. The number of hydrogen-bond acceptors (Lipinski definition) is 6. The molecule has 0 unspecified atom stereocenters. The fraction of sp³-hybridized carbons (Fsp3) is 0.130. The lowest BCUT2D eigenvalue weighted by Crippen LogP contribution is -2.12. The summed E-state index contributed by atoms with van der Waals surface area (Å²) in [6, 6.07) is 18.1. The Kier molecular flexibility index (Phi) is 6.14. The van der Waals surface area contributed by atoms with Crippen molar-refractivity contribution in [2.75, 3.05) is 14.2 Å². The third kappa shape index (κ3) is 4.93. The van der Waals surface area contributed by atoms with Gasteiger partial charge in [0.2, 0.25) is 0 Å². The van der Waals surface area contributed by atoms with Gasteiger partial charge in [-0.1, -0.05) is 0 Å². The molecule has 6 heteroatoms. The lowest BCUT2D eigenvalue weighted by molar-refractivity contribution is 0.0730. The summed E-state index contributed by atoms with van der Waals surface area (Å²) >= 11 is 0. The van der Waals surface area contributed by atoms with Gasteiger partial charge in [-0.15, -0.1) is 0 Å². The van der Waals surface area contributed by atoms with Gasteiger partial charge in [-0.05, 0) is 79.2 Å². The molecular weight excluding hydrogens is 372 g/mol. The number of carbonyl (C=O) groups is 2. The van der Waals surface area contributed by atoms with Crippen molar-refractivity contribution in [1.82, 2.24) is 0 Å². The molecule has 3 aromatic rings. The van der Waals surface area contributed by atoms with Crippen molar-refractivity contribution in [3.05, 3.63) is 83.4 Å². The number of carbonyl (C=O) groups excluding carboxylic acids is 2. The molecule has 0 spiro atoms. The van der Waals surface area contributed by atoms with E-state index in [1.54, 1.807) is 87.9 Å². The van der Waals surface area contributed by atoms with Gasteiger partial charge < -0.3 is 18.9 Å². The minimum Gasteiger partial charge on any atom is -0.497 e. The lowest BCUT2D eigenvalue weighted by Gasteiger charge is -2.10. The molecule has 0 saturated carbocycles. The third-order valence-corrected chi connectivity index (χ3v) is 4.22. The molecule has 0 amide bonds. The van der Waals surface area contributed by atoms with Crippen molar-refractivity contribution >= 4 is 11.9 Å². The predicted molar refractivity (Wildman–Crippen MR) is 107 cm³/mol. The number of rotatable bonds is 6. The van der Waals surface area contributed by atoms with Gasteiger partial charge in [0.1, 0.15) is 23.0 Å². The van der Waals surface area contributed by atoms with Gasteiger partial charge >= 0.3 is 11.9 Å². The van der Waals surface area contributed by atoms with E-state index in [1.807, 2.05) is 0 Å². The van der Waals surface area contributed by atoms with E-state index in [0.717, 1.165) is 0 Å². The van der Waals surface area contributed by atoms with Crippen LogP contribution in [0.2, 0.25) is 0 Å². The Morgan fingerprint density at radius 1 is 0.621 bits per heavy atom. The van der Waals surface area contributed by atoms with Gasteiger partial charge in [0.05, 0.1) is 25.3 Å². The second kappa shape index (κ2) is 8.93. The summed E-state index contributed by atoms with van der Waals surface area (Å²) in [5.74, 6) is 1.07. The largest absolute Gasteiger partial charge is 0.497 e. The molecule has 0 aliphatic heterocycles. The summed E-state index contributed by atoms with van der Waals surface area (Å²) in [6.45, 7) is 1.75. The molecule has 0 radical (unpaired) electrons. The van der Waals surface area contributed by atoms with Gasteiger partial charge in [0, 0.05) is 0 Å². The van der Waals surface area contributed by atoms with E-state index in [1.165, 1.54) is 0 Å². The van der Waals surface area contributed by atoms with Gasteiger partial charge in [-0.3, -0.25) is 0 Å². The maximum absolute atomic E-state index is 12.4. The zero-order valence-electron chi connectivity index (χ0n) is 16.3. The Morgan fingerprint density at radius 2 is 1.10 bits per heavy atom. The number of methoxy groups -OCH3 is 2. The Morgan fingerprint density at radius 3 is 1.66 bits per heavy atom. The predicted octanol–water partition coefficient (Wildman–Crippen LogP) is 4.45. The van der Waals surface area contributed by atoms with Crippen LogP contribution in [0, 0.1) is 6.92 Å². The van der Waals surface area contributed by atoms with Crippen molar-refractivity contribution < 1.29 is 28.5 Å². The van der Waals surface area contributed by atoms with Crippen LogP contribution in [0.4, 0.5) is 0 Å². The second-order valence-corrected chi connectivity index (χ2v) is 6.16. The van der Waals surface area contributed by atoms with Crippen LogP contribution in [-0.2, 0) is 0 Å². The second-order valence-electron chi connectivity index (χ2n) is 6.16. The van der Waals surface area contributed by atoms with Gasteiger partial charge in [-0.2, -0.15) is 0 Å². The van der Waals surface area contributed by atoms with Crippen LogP contribution in [0.5, 0.6) is 23.0 Å². The SMILES string of the molecule is COc1ccc(OC(=O)c2ccc(OC(=O)c3ccc(OC)cc3)cc2C)cc1. The molecule has 0 bridgehead atoms. The van der Waals surface area contributed by atoms with Gasteiger partial charge in [0.15, 0.2) is 0 Å². The average Bonchev–Trinajstić information content (AvgIpc) is 2.74. The number of hydrogen-bond donors (Lipinski definition) is 0. The molecule has 0 aliphatic rings. The highest BCUT2D eigenvalue weighted by Crippen LogP contribution is 2.22. The zero-order valence-corrected chi connectivity index (χ0v) is 16.3. The number of benzene rings is 3. The van der Waals surface area contributed by atoms with Crippen LogP contribution in [0.15, 0.2) is 66.7 Å². The molecule has 29 heavy (non-hydrogen) atoms. The molecule has 3 rings (SSSR count). The zero-order chi connectivity index (χ0) is 20.8. The van der Waals surface area contributed by atoms with E-state index in [2.05, 4.69) is 0 Å². The van der Waals surface area contributed by atoms with E-state index >= 15 is 0 Å². The highest BCUT2D eigenvalue weighted by Gasteiger charge is 2.15. The first-order valence-corrected chi connectivity index (χ1v) is 8.83. The van der Waals surface area contributed by atoms with E-state index < -0.39 is 11.9 Å². The van der Waals surface area contributed by atoms with Crippen molar-refractivity contribution in [2.24, 2.45) is 0 Å². The number of aryl methyl sites for hydroxylation is 1. The van der Waals surface area contributed by atoms with Crippen LogP contribution in [-0.4, -0.2) is 26.2 Å². The maximum Gasteiger partial charge on any atom is 0.343 e. The average molecular weight is 392 g/mol. The molecule has 0 fully saturated rings. The molecule has 0 heterocycles. The van der Waals surface area contributed by atoms with Crippen LogP contribution in [0.3, 0.4) is 0 Å². The standard InChI is InChI=1S/C23H20O6/c1-15-14-20(29-22(24)16-4-6-17(26-2)7-5-16)12-13-21(15)23(25)28-19-10-8-18(27-3)9-11-19/h4-14H,1-3H3. The van der Waals surface area contributed by atoms with E-state index in [4.69, 9.17) is 18.9 Å². The first-order chi connectivity index (χ1) is 14.0. The Balaban J connectivity index is 1.68. The van der Waals surface area contributed by atoms with Crippen LogP contribution in [0.1, 0.15) is 26.3 Å². The highest BCUT2D eigenvalue weighted by atomic mass is 16.5. The topological polar surface area (TPSA) is 71.1 Å². The number of esters is 2. The van der Waals surface area contributed by atoms with E-state index in [-0.39, 0.29) is 0 Å². The van der Waals surface area contributed by atoms with Crippen molar-refractivity contribution in [3.8, 4) is 23.0 Å². The maximum atomic E-state index is 12.4. The molecule has 3 aromatic carbocycles. The Labute approximate surface area is 168 Å². The smallest absolute Gasteiger partial charge is 0.343 e. The molecule has 148 valence electrons. The fourth-order valence-corrected chi connectivity index (χ4v) is 2.63. The summed E-state index contributed by atoms with van der Waals surface area (Å²) in [7, 11) is 3.12. The van der Waals surface area contributed by atoms with Gasteiger partial charge in [-0.25, -0.2) is 9.59 Å². The minimum absolute atomic E-state index is 0.337. The highest BCUT2D eigenvalue weighted by molar-refractivity contribution is 5.93. The Bertz CT molecular complexity index is 1010. The van der Waals surface area contributed by atoms with Crippen molar-refractivity contribution in [3.63, 3.8) is 0 Å². The molecule has 0 N–H and O–H groups in total. The number of ether oxygens (including phenoxy) is 4. The Hall–Kier alpha value is -3.80. The van der Waals surface area contributed by atoms with Crippen molar-refractivity contribution in [1.29, 1.82) is 0 Å². The summed E-state index contributed by atoms with van der Waals surface area (Å²) in [5.41, 5.74) is 1.40. The molecule has 6 nitrogen and oxygen atoms in total.